The van der Waals surface area contributed by atoms with Gasteiger partial charge in [0.25, 0.3) is 5.91 Å². The number of methoxy groups -OCH3 is 1. The molecule has 0 aromatic heterocycles. The quantitative estimate of drug-likeness (QED) is 0.662. The third-order valence-corrected chi connectivity index (χ3v) is 5.20. The molecule has 4 nitrogen and oxygen atoms in total. The van der Waals surface area contributed by atoms with Crippen LogP contribution in [0.1, 0.15) is 11.1 Å². The number of aryl methyl sites for hydroxylation is 1. The van der Waals surface area contributed by atoms with Crippen LogP contribution in [0.15, 0.2) is 50.8 Å². The van der Waals surface area contributed by atoms with Crippen molar-refractivity contribution >= 4 is 62.1 Å². The normalized spacial score (nSPS) is 17.2. The van der Waals surface area contributed by atoms with Crippen LogP contribution in [0.4, 0.5) is 5.69 Å². The van der Waals surface area contributed by atoms with Gasteiger partial charge in [0.1, 0.15) is 5.75 Å². The van der Waals surface area contributed by atoms with E-state index in [1.807, 2.05) is 31.2 Å². The number of hydrogen-bond donors (Lipinski definition) is 1. The molecule has 128 valence electrons. The second kappa shape index (κ2) is 7.64. The predicted octanol–water partition coefficient (Wildman–Crippen LogP) is 5.31. The van der Waals surface area contributed by atoms with E-state index in [0.29, 0.717) is 20.8 Å². The number of amides is 1. The van der Waals surface area contributed by atoms with Gasteiger partial charge in [0.15, 0.2) is 5.17 Å². The fourth-order valence-electron chi connectivity index (χ4n) is 2.26. The molecule has 1 amide bonds. The van der Waals surface area contributed by atoms with Gasteiger partial charge in [-0.3, -0.25) is 4.79 Å². The van der Waals surface area contributed by atoms with Crippen LogP contribution in [0.2, 0.25) is 5.02 Å². The summed E-state index contributed by atoms with van der Waals surface area (Å²) in [7, 11) is 1.56. The summed E-state index contributed by atoms with van der Waals surface area (Å²) in [5.41, 5.74) is 2.67. The number of carbonyl (C=O) groups is 1. The molecule has 1 N–H and O–H groups in total. The third kappa shape index (κ3) is 4.26. The molecular weight excluding hydrogens is 424 g/mol. The van der Waals surface area contributed by atoms with Crippen molar-refractivity contribution in [3.8, 4) is 5.75 Å². The number of rotatable bonds is 3. The molecule has 2 aromatic rings. The molecule has 0 radical (unpaired) electrons. The molecule has 1 heterocycles. The Morgan fingerprint density at radius 3 is 2.76 bits per heavy atom. The predicted molar refractivity (Wildman–Crippen MR) is 108 cm³/mol. The molecule has 0 bridgehead atoms. The smallest absolute Gasteiger partial charge is 0.264 e. The maximum Gasteiger partial charge on any atom is 0.264 e. The molecule has 1 fully saturated rings. The number of thioether (sulfide) groups is 1. The molecule has 0 saturated carbocycles. The van der Waals surface area contributed by atoms with E-state index >= 15 is 0 Å². The van der Waals surface area contributed by atoms with Crippen molar-refractivity contribution < 1.29 is 9.53 Å². The summed E-state index contributed by atoms with van der Waals surface area (Å²) < 4.78 is 6.13. The Balaban J connectivity index is 1.84. The Bertz CT molecular complexity index is 912. The van der Waals surface area contributed by atoms with Crippen molar-refractivity contribution in [2.45, 2.75) is 6.92 Å². The molecule has 0 spiro atoms. The lowest BCUT2D eigenvalue weighted by atomic mass is 10.2. The van der Waals surface area contributed by atoms with Crippen LogP contribution in [-0.4, -0.2) is 18.2 Å². The van der Waals surface area contributed by atoms with Crippen LogP contribution in [0, 0.1) is 6.92 Å². The number of amidine groups is 1. The minimum absolute atomic E-state index is 0.176. The SMILES string of the molecule is COc1ccc(C=C2SC(=Nc3ccc(Br)cc3C)NC2=O)cc1Cl. The zero-order valence-corrected chi connectivity index (χ0v) is 16.6. The lowest BCUT2D eigenvalue weighted by Crippen LogP contribution is -2.19. The molecule has 7 heteroatoms. The van der Waals surface area contributed by atoms with Gasteiger partial charge in [-0.2, -0.15) is 0 Å². The highest BCUT2D eigenvalue weighted by Gasteiger charge is 2.24. The summed E-state index contributed by atoms with van der Waals surface area (Å²) in [6.45, 7) is 1.97. The van der Waals surface area contributed by atoms with Crippen molar-refractivity contribution in [1.82, 2.24) is 5.32 Å². The van der Waals surface area contributed by atoms with Gasteiger partial charge in [-0.25, -0.2) is 4.99 Å². The fourth-order valence-corrected chi connectivity index (χ4v) is 3.83. The van der Waals surface area contributed by atoms with Crippen molar-refractivity contribution in [3.63, 3.8) is 0 Å². The number of ether oxygens (including phenoxy) is 1. The summed E-state index contributed by atoms with van der Waals surface area (Å²) in [6, 6.07) is 11.2. The lowest BCUT2D eigenvalue weighted by molar-refractivity contribution is -0.115. The van der Waals surface area contributed by atoms with Gasteiger partial charge in [-0.15, -0.1) is 0 Å². The highest BCUT2D eigenvalue weighted by molar-refractivity contribution is 9.10. The Morgan fingerprint density at radius 2 is 2.08 bits per heavy atom. The van der Waals surface area contributed by atoms with Gasteiger partial charge >= 0.3 is 0 Å². The molecule has 3 rings (SSSR count). The van der Waals surface area contributed by atoms with Crippen LogP contribution >= 0.6 is 39.3 Å². The minimum Gasteiger partial charge on any atom is -0.495 e. The van der Waals surface area contributed by atoms with Crippen molar-refractivity contribution in [1.29, 1.82) is 0 Å². The first-order valence-electron chi connectivity index (χ1n) is 7.35. The summed E-state index contributed by atoms with van der Waals surface area (Å²) in [4.78, 5) is 17.3. The topological polar surface area (TPSA) is 50.7 Å². The van der Waals surface area contributed by atoms with Gasteiger partial charge in [-0.05, 0) is 66.2 Å². The van der Waals surface area contributed by atoms with E-state index in [0.717, 1.165) is 21.3 Å². The number of nitrogens with zero attached hydrogens (tertiary/aromatic N) is 1. The Kier molecular flexibility index (Phi) is 5.51. The number of aliphatic imine (C=N–C) groups is 1. The van der Waals surface area contributed by atoms with Gasteiger partial charge in [0.05, 0.1) is 22.7 Å². The number of halogens is 2. The lowest BCUT2D eigenvalue weighted by Gasteiger charge is -2.03. The third-order valence-electron chi connectivity index (χ3n) is 3.51. The van der Waals surface area contributed by atoms with E-state index < -0.39 is 0 Å². The highest BCUT2D eigenvalue weighted by atomic mass is 79.9. The van der Waals surface area contributed by atoms with E-state index in [1.165, 1.54) is 11.8 Å². The second-order valence-electron chi connectivity index (χ2n) is 5.31. The first-order chi connectivity index (χ1) is 12.0. The molecule has 25 heavy (non-hydrogen) atoms. The number of carbonyl (C=O) groups excluding carboxylic acids is 1. The van der Waals surface area contributed by atoms with Crippen molar-refractivity contribution in [2.24, 2.45) is 4.99 Å². The molecule has 0 aliphatic carbocycles. The van der Waals surface area contributed by atoms with Gasteiger partial charge < -0.3 is 10.1 Å². The van der Waals surface area contributed by atoms with E-state index in [-0.39, 0.29) is 5.91 Å². The zero-order valence-electron chi connectivity index (χ0n) is 13.5. The maximum atomic E-state index is 12.2. The van der Waals surface area contributed by atoms with Crippen molar-refractivity contribution in [3.05, 3.63) is 61.9 Å². The van der Waals surface area contributed by atoms with Crippen LogP contribution in [-0.2, 0) is 4.79 Å². The molecule has 1 aliphatic rings. The monoisotopic (exact) mass is 436 g/mol. The molecule has 0 unspecified atom stereocenters. The summed E-state index contributed by atoms with van der Waals surface area (Å²) in [6.07, 6.45) is 1.78. The summed E-state index contributed by atoms with van der Waals surface area (Å²) in [5.74, 6) is 0.422. The Hall–Kier alpha value is -1.76. The summed E-state index contributed by atoms with van der Waals surface area (Å²) >= 11 is 10.9. The van der Waals surface area contributed by atoms with Crippen LogP contribution in [0.5, 0.6) is 5.75 Å². The Morgan fingerprint density at radius 1 is 1.28 bits per heavy atom. The van der Waals surface area contributed by atoms with Crippen LogP contribution in [0.25, 0.3) is 6.08 Å². The van der Waals surface area contributed by atoms with E-state index in [2.05, 4.69) is 26.2 Å². The standard InChI is InChI=1S/C18H14BrClN2O2S/c1-10-7-12(19)4-5-14(10)21-18-22-17(23)16(25-18)9-11-3-6-15(24-2)13(20)8-11/h3-9H,1-2H3,(H,21,22,23). The summed E-state index contributed by atoms with van der Waals surface area (Å²) in [5, 5.41) is 3.84. The van der Waals surface area contributed by atoms with Crippen LogP contribution < -0.4 is 10.1 Å². The molecule has 0 atom stereocenters. The first kappa shape index (κ1) is 18.0. The van der Waals surface area contributed by atoms with Gasteiger partial charge in [-0.1, -0.05) is 33.6 Å². The van der Waals surface area contributed by atoms with E-state index in [1.54, 1.807) is 25.3 Å². The maximum absolute atomic E-state index is 12.2. The van der Waals surface area contributed by atoms with Gasteiger partial charge in [0, 0.05) is 4.47 Å². The van der Waals surface area contributed by atoms with Gasteiger partial charge in [0.2, 0.25) is 0 Å². The average Bonchev–Trinajstić information content (AvgIpc) is 2.90. The van der Waals surface area contributed by atoms with Crippen molar-refractivity contribution in [2.75, 3.05) is 7.11 Å². The first-order valence-corrected chi connectivity index (χ1v) is 9.34. The number of hydrogen-bond acceptors (Lipinski definition) is 4. The molecule has 1 aliphatic heterocycles. The average molecular weight is 438 g/mol. The second-order valence-corrected chi connectivity index (χ2v) is 7.66. The zero-order chi connectivity index (χ0) is 18.0. The molecule has 2 aromatic carbocycles. The van der Waals surface area contributed by atoms with E-state index in [4.69, 9.17) is 16.3 Å². The number of benzene rings is 2. The number of nitrogens with one attached hydrogen (secondary N) is 1. The van der Waals surface area contributed by atoms with E-state index in [9.17, 15) is 4.79 Å². The van der Waals surface area contributed by atoms with Crippen LogP contribution in [0.3, 0.4) is 0 Å². The fraction of sp³-hybridized carbons (Fsp3) is 0.111. The largest absolute Gasteiger partial charge is 0.495 e. The Labute approximate surface area is 163 Å². The molecule has 1 saturated heterocycles. The minimum atomic E-state index is -0.176. The molecular formula is C18H14BrClN2O2S. The highest BCUT2D eigenvalue weighted by Crippen LogP contribution is 2.31.